The highest BCUT2D eigenvalue weighted by Crippen LogP contribution is 2.04. The fourth-order valence-electron chi connectivity index (χ4n) is 1.98. The summed E-state index contributed by atoms with van der Waals surface area (Å²) in [5, 5.41) is 0. The summed E-state index contributed by atoms with van der Waals surface area (Å²) in [6, 6.07) is -0.0874. The number of sulfonamides is 1. The molecular weight excluding hydrogens is 276 g/mol. The Kier molecular flexibility index (Phi) is 6.87. The van der Waals surface area contributed by atoms with Crippen LogP contribution in [0, 0.1) is 5.92 Å². The predicted octanol–water partition coefficient (Wildman–Crippen LogP) is 0.501. The lowest BCUT2D eigenvalue weighted by atomic mass is 10.3. The van der Waals surface area contributed by atoms with Crippen LogP contribution < -0.4 is 4.72 Å². The molecule has 0 radical (unpaired) electrons. The molecule has 0 amide bonds. The van der Waals surface area contributed by atoms with Crippen molar-refractivity contribution in [3.8, 4) is 0 Å². The number of nitrogens with one attached hydrogen (secondary N) is 1. The van der Waals surface area contributed by atoms with Crippen molar-refractivity contribution in [3.63, 3.8) is 0 Å². The molecule has 0 aromatic rings. The monoisotopic (exact) mass is 298 g/mol. The summed E-state index contributed by atoms with van der Waals surface area (Å²) in [6.07, 6.45) is 0. The molecule has 0 spiro atoms. The molecule has 1 aliphatic heterocycles. The molecule has 108 valence electrons. The van der Waals surface area contributed by atoms with Gasteiger partial charge in [0.2, 0.25) is 10.0 Å². The third kappa shape index (κ3) is 6.33. The molecule has 1 heterocycles. The quantitative estimate of drug-likeness (QED) is 0.696. The third-order valence-electron chi connectivity index (χ3n) is 2.78. The highest BCUT2D eigenvalue weighted by Gasteiger charge is 2.20. The second-order valence-electron chi connectivity index (χ2n) is 4.97. The molecule has 1 saturated heterocycles. The van der Waals surface area contributed by atoms with Gasteiger partial charge in [0.25, 0.3) is 0 Å². The van der Waals surface area contributed by atoms with Gasteiger partial charge in [-0.2, -0.15) is 0 Å². The minimum atomic E-state index is -3.24. The average molecular weight is 299 g/mol. The van der Waals surface area contributed by atoms with E-state index in [1.165, 1.54) is 0 Å². The van der Waals surface area contributed by atoms with E-state index in [1.807, 2.05) is 13.8 Å². The normalized spacial score (nSPS) is 21.7. The molecule has 0 aliphatic carbocycles. The van der Waals surface area contributed by atoms with Crippen molar-refractivity contribution in [2.45, 2.75) is 19.9 Å². The Bertz CT molecular complexity index is 331. The van der Waals surface area contributed by atoms with Crippen LogP contribution in [0.1, 0.15) is 13.8 Å². The van der Waals surface area contributed by atoms with Crippen LogP contribution in [-0.2, 0) is 14.8 Å². The molecule has 18 heavy (non-hydrogen) atoms. The van der Waals surface area contributed by atoms with Gasteiger partial charge in [-0.3, -0.25) is 4.90 Å². The minimum absolute atomic E-state index is 0.0280. The summed E-state index contributed by atoms with van der Waals surface area (Å²) in [5.41, 5.74) is 0. The smallest absolute Gasteiger partial charge is 0.212 e. The molecule has 0 aromatic heterocycles. The van der Waals surface area contributed by atoms with Gasteiger partial charge in [-0.1, -0.05) is 6.92 Å². The van der Waals surface area contributed by atoms with Gasteiger partial charge in [0.15, 0.2) is 0 Å². The summed E-state index contributed by atoms with van der Waals surface area (Å²) < 4.78 is 31.6. The van der Waals surface area contributed by atoms with Crippen molar-refractivity contribution in [2.75, 3.05) is 44.5 Å². The van der Waals surface area contributed by atoms with Gasteiger partial charge >= 0.3 is 0 Å². The van der Waals surface area contributed by atoms with Crippen molar-refractivity contribution in [1.29, 1.82) is 0 Å². The number of ether oxygens (including phenoxy) is 1. The number of alkyl halides is 1. The van der Waals surface area contributed by atoms with E-state index in [4.69, 9.17) is 16.3 Å². The van der Waals surface area contributed by atoms with E-state index in [1.54, 1.807) is 0 Å². The SMILES string of the molecule is CC(CCl)CS(=O)(=O)NC(C)CN1CCOCC1. The number of morpholine rings is 1. The lowest BCUT2D eigenvalue weighted by Crippen LogP contribution is -2.46. The number of halogens is 1. The van der Waals surface area contributed by atoms with Gasteiger partial charge in [0.1, 0.15) is 0 Å². The topological polar surface area (TPSA) is 58.6 Å². The summed E-state index contributed by atoms with van der Waals surface area (Å²) in [5.74, 6) is 0.419. The van der Waals surface area contributed by atoms with E-state index in [-0.39, 0.29) is 17.7 Å². The van der Waals surface area contributed by atoms with Crippen LogP contribution in [0.15, 0.2) is 0 Å². The molecule has 7 heteroatoms. The van der Waals surface area contributed by atoms with Crippen LogP contribution in [0.3, 0.4) is 0 Å². The highest BCUT2D eigenvalue weighted by atomic mass is 35.5. The van der Waals surface area contributed by atoms with E-state index in [0.717, 1.165) is 32.8 Å². The number of rotatable bonds is 7. The lowest BCUT2D eigenvalue weighted by molar-refractivity contribution is 0.0354. The van der Waals surface area contributed by atoms with Gasteiger partial charge in [-0.05, 0) is 12.8 Å². The largest absolute Gasteiger partial charge is 0.379 e. The van der Waals surface area contributed by atoms with Crippen LogP contribution in [0.4, 0.5) is 0 Å². The van der Waals surface area contributed by atoms with Gasteiger partial charge in [0, 0.05) is 31.6 Å². The summed E-state index contributed by atoms with van der Waals surface area (Å²) in [4.78, 5) is 2.21. The van der Waals surface area contributed by atoms with E-state index in [0.29, 0.717) is 5.88 Å². The van der Waals surface area contributed by atoms with Crippen LogP contribution in [0.5, 0.6) is 0 Å². The number of hydrogen-bond donors (Lipinski definition) is 1. The molecule has 2 unspecified atom stereocenters. The molecule has 1 rings (SSSR count). The molecule has 0 bridgehead atoms. The maximum Gasteiger partial charge on any atom is 0.212 e. The number of hydrogen-bond acceptors (Lipinski definition) is 4. The summed E-state index contributed by atoms with van der Waals surface area (Å²) in [7, 11) is -3.24. The molecule has 1 fully saturated rings. The average Bonchev–Trinajstić information content (AvgIpc) is 2.28. The zero-order valence-corrected chi connectivity index (χ0v) is 12.6. The Hall–Kier alpha value is 0.120. The predicted molar refractivity (Wildman–Crippen MR) is 73.5 cm³/mol. The Balaban J connectivity index is 2.35. The van der Waals surface area contributed by atoms with Crippen LogP contribution in [0.2, 0.25) is 0 Å². The second kappa shape index (κ2) is 7.65. The second-order valence-corrected chi connectivity index (χ2v) is 7.08. The van der Waals surface area contributed by atoms with Crippen molar-refractivity contribution >= 4 is 21.6 Å². The van der Waals surface area contributed by atoms with Crippen molar-refractivity contribution in [2.24, 2.45) is 5.92 Å². The maximum absolute atomic E-state index is 11.8. The van der Waals surface area contributed by atoms with E-state index in [2.05, 4.69) is 9.62 Å². The van der Waals surface area contributed by atoms with Crippen molar-refractivity contribution < 1.29 is 13.2 Å². The zero-order chi connectivity index (χ0) is 13.6. The molecule has 5 nitrogen and oxygen atoms in total. The van der Waals surface area contributed by atoms with E-state index in [9.17, 15) is 8.42 Å². The Labute approximate surface area is 115 Å². The first-order chi connectivity index (χ1) is 8.43. The van der Waals surface area contributed by atoms with Crippen molar-refractivity contribution in [1.82, 2.24) is 9.62 Å². The van der Waals surface area contributed by atoms with Gasteiger partial charge in [0.05, 0.1) is 19.0 Å². The molecule has 2 atom stereocenters. The van der Waals surface area contributed by atoms with Crippen molar-refractivity contribution in [3.05, 3.63) is 0 Å². The lowest BCUT2D eigenvalue weighted by Gasteiger charge is -2.29. The third-order valence-corrected chi connectivity index (χ3v) is 5.08. The first kappa shape index (κ1) is 16.2. The summed E-state index contributed by atoms with van der Waals surface area (Å²) >= 11 is 5.64. The van der Waals surface area contributed by atoms with Crippen LogP contribution in [-0.4, -0.2) is 63.8 Å². The van der Waals surface area contributed by atoms with E-state index >= 15 is 0 Å². The van der Waals surface area contributed by atoms with Gasteiger partial charge < -0.3 is 4.74 Å². The Morgan fingerprint density at radius 2 is 1.94 bits per heavy atom. The molecule has 1 aliphatic rings. The van der Waals surface area contributed by atoms with Crippen LogP contribution in [0.25, 0.3) is 0 Å². The standard InChI is InChI=1S/C11H23ClN2O3S/c1-10(7-12)9-18(15,16)13-11(2)8-14-3-5-17-6-4-14/h10-11,13H,3-9H2,1-2H3. The fourth-order valence-corrected chi connectivity index (χ4v) is 3.87. The minimum Gasteiger partial charge on any atom is -0.379 e. The Morgan fingerprint density at radius 1 is 1.33 bits per heavy atom. The molecule has 0 saturated carbocycles. The van der Waals surface area contributed by atoms with Gasteiger partial charge in [-0.25, -0.2) is 13.1 Å². The highest BCUT2D eigenvalue weighted by molar-refractivity contribution is 7.89. The number of nitrogens with zero attached hydrogens (tertiary/aromatic N) is 1. The molecule has 1 N–H and O–H groups in total. The fraction of sp³-hybridized carbons (Fsp3) is 1.00. The van der Waals surface area contributed by atoms with Crippen LogP contribution >= 0.6 is 11.6 Å². The maximum atomic E-state index is 11.8. The molecule has 0 aromatic carbocycles. The molecular formula is C11H23ClN2O3S. The van der Waals surface area contributed by atoms with Gasteiger partial charge in [-0.15, -0.1) is 11.6 Å². The van der Waals surface area contributed by atoms with E-state index < -0.39 is 10.0 Å². The first-order valence-corrected chi connectivity index (χ1v) is 8.47. The first-order valence-electron chi connectivity index (χ1n) is 6.29. The zero-order valence-electron chi connectivity index (χ0n) is 11.1. The Morgan fingerprint density at radius 3 is 2.50 bits per heavy atom. The summed E-state index contributed by atoms with van der Waals surface area (Å²) in [6.45, 7) is 7.62.